The summed E-state index contributed by atoms with van der Waals surface area (Å²) >= 11 is 2.76. The van der Waals surface area contributed by atoms with Crippen molar-refractivity contribution in [1.82, 2.24) is 10.2 Å². The van der Waals surface area contributed by atoms with Crippen molar-refractivity contribution in [2.45, 2.75) is 43.3 Å². The smallest absolute Gasteiger partial charge is 0.301 e. The molecule has 240 valence electrons. The van der Waals surface area contributed by atoms with Crippen LogP contribution in [0.1, 0.15) is 49.9 Å². The molecule has 4 aromatic carbocycles. The number of aliphatic hydroxyl groups is 1. The molecule has 1 atom stereocenters. The van der Waals surface area contributed by atoms with Gasteiger partial charge >= 0.3 is 5.91 Å². The fraction of sp³-hybridized carbons (Fsp3) is 0.243. The highest BCUT2D eigenvalue weighted by atomic mass is 32.2. The predicted octanol–water partition coefficient (Wildman–Crippen LogP) is 8.43. The molecule has 0 radical (unpaired) electrons. The summed E-state index contributed by atoms with van der Waals surface area (Å²) in [4.78, 5) is 28.8. The quantitative estimate of drug-likeness (QED) is 0.0466. The summed E-state index contributed by atoms with van der Waals surface area (Å²) in [6.45, 7) is 7.17. The Balaban J connectivity index is 1.35. The molecule has 1 unspecified atom stereocenters. The predicted molar refractivity (Wildman–Crippen MR) is 187 cm³/mol. The maximum atomic E-state index is 13.8. The number of ether oxygens (including phenoxy) is 2. The van der Waals surface area contributed by atoms with Gasteiger partial charge in [0.2, 0.25) is 5.13 Å². The number of anilines is 1. The second kappa shape index (κ2) is 14.4. The Morgan fingerprint density at radius 1 is 0.936 bits per heavy atom. The van der Waals surface area contributed by atoms with Crippen molar-refractivity contribution in [3.05, 3.63) is 113 Å². The third-order valence-corrected chi connectivity index (χ3v) is 9.96. The minimum atomic E-state index is -0.945. The van der Waals surface area contributed by atoms with E-state index in [0.29, 0.717) is 51.9 Å². The highest BCUT2D eigenvalue weighted by Crippen LogP contribution is 2.45. The van der Waals surface area contributed by atoms with E-state index in [4.69, 9.17) is 9.47 Å². The van der Waals surface area contributed by atoms with E-state index in [1.165, 1.54) is 33.4 Å². The number of nitrogens with zero attached hydrogens (tertiary/aromatic N) is 3. The van der Waals surface area contributed by atoms with Crippen molar-refractivity contribution in [3.8, 4) is 11.5 Å². The molecule has 1 N–H and O–H groups in total. The van der Waals surface area contributed by atoms with E-state index >= 15 is 0 Å². The minimum absolute atomic E-state index is 0.0290. The number of ketones is 1. The second-order valence-electron chi connectivity index (χ2n) is 11.5. The number of Topliss-reactive ketones (excluding diaryl/α,β-unsaturated/α-hetero) is 1. The molecule has 0 saturated carbocycles. The van der Waals surface area contributed by atoms with Gasteiger partial charge in [-0.15, -0.1) is 10.2 Å². The van der Waals surface area contributed by atoms with E-state index < -0.39 is 17.7 Å². The Bertz CT molecular complexity index is 1930. The molecule has 6 rings (SSSR count). The SMILES string of the molecule is CCOc1ccc(/C(O)=C2\C(=O)C(=O)N(c3nnc(SCc4cccc5ccccc45)s3)C2c2cccc(OCCC(C)C)c2)cc1. The fourth-order valence-corrected chi connectivity index (χ4v) is 7.35. The first-order valence-electron chi connectivity index (χ1n) is 15.5. The molecule has 0 bridgehead atoms. The van der Waals surface area contributed by atoms with Crippen LogP contribution < -0.4 is 14.4 Å². The van der Waals surface area contributed by atoms with Gasteiger partial charge in [-0.1, -0.05) is 91.5 Å². The number of amides is 1. The number of hydrogen-bond acceptors (Lipinski definition) is 9. The first kappa shape index (κ1) is 32.3. The normalized spacial score (nSPS) is 15.9. The van der Waals surface area contributed by atoms with E-state index in [0.717, 1.165) is 17.4 Å². The average molecular weight is 666 g/mol. The number of aromatic nitrogens is 2. The molecule has 1 aliphatic rings. The van der Waals surface area contributed by atoms with Crippen LogP contribution in [0.25, 0.3) is 16.5 Å². The Kier molecular flexibility index (Phi) is 9.89. The summed E-state index contributed by atoms with van der Waals surface area (Å²) in [5, 5.41) is 22.9. The molecule has 1 aliphatic heterocycles. The van der Waals surface area contributed by atoms with Crippen molar-refractivity contribution in [2.75, 3.05) is 18.1 Å². The van der Waals surface area contributed by atoms with Gasteiger partial charge in [0.05, 0.1) is 24.8 Å². The lowest BCUT2D eigenvalue weighted by molar-refractivity contribution is -0.132. The molecule has 1 amide bonds. The number of aliphatic hydroxyl groups excluding tert-OH is 1. The van der Waals surface area contributed by atoms with Gasteiger partial charge in [-0.2, -0.15) is 0 Å². The number of thioether (sulfide) groups is 1. The van der Waals surface area contributed by atoms with Crippen molar-refractivity contribution in [3.63, 3.8) is 0 Å². The highest BCUT2D eigenvalue weighted by Gasteiger charge is 2.48. The Hall–Kier alpha value is -4.67. The van der Waals surface area contributed by atoms with Gasteiger partial charge in [-0.25, -0.2) is 0 Å². The largest absolute Gasteiger partial charge is 0.507 e. The van der Waals surface area contributed by atoms with E-state index in [1.54, 1.807) is 24.3 Å². The molecule has 1 fully saturated rings. The fourth-order valence-electron chi connectivity index (χ4n) is 5.48. The van der Waals surface area contributed by atoms with Gasteiger partial charge in [0.1, 0.15) is 17.3 Å². The molecule has 0 spiro atoms. The minimum Gasteiger partial charge on any atom is -0.507 e. The average Bonchev–Trinajstić information content (AvgIpc) is 3.65. The number of hydrogen-bond donors (Lipinski definition) is 1. The van der Waals surface area contributed by atoms with Crippen molar-refractivity contribution in [2.24, 2.45) is 5.92 Å². The molecular formula is C37H35N3O5S2. The van der Waals surface area contributed by atoms with Crippen LogP contribution in [0.5, 0.6) is 11.5 Å². The molecule has 1 saturated heterocycles. The number of carbonyl (C=O) groups excluding carboxylic acids is 2. The number of fused-ring (bicyclic) bond motifs is 1. The summed E-state index contributed by atoms with van der Waals surface area (Å²) in [6.07, 6.45) is 0.879. The molecule has 0 aliphatic carbocycles. The van der Waals surface area contributed by atoms with Gasteiger partial charge in [0.25, 0.3) is 5.78 Å². The third kappa shape index (κ3) is 7.03. The number of benzene rings is 4. The van der Waals surface area contributed by atoms with E-state index in [9.17, 15) is 14.7 Å². The van der Waals surface area contributed by atoms with Gasteiger partial charge in [0.15, 0.2) is 4.34 Å². The third-order valence-electron chi connectivity index (χ3n) is 7.85. The summed E-state index contributed by atoms with van der Waals surface area (Å²) in [5.41, 5.74) is 2.14. The van der Waals surface area contributed by atoms with Crippen LogP contribution in [0.2, 0.25) is 0 Å². The zero-order valence-corrected chi connectivity index (χ0v) is 28.0. The van der Waals surface area contributed by atoms with Gasteiger partial charge in [-0.3, -0.25) is 14.5 Å². The van der Waals surface area contributed by atoms with Gasteiger partial charge < -0.3 is 14.6 Å². The van der Waals surface area contributed by atoms with Gasteiger partial charge in [-0.05, 0) is 77.6 Å². The summed E-state index contributed by atoms with van der Waals surface area (Å²) in [7, 11) is 0. The van der Waals surface area contributed by atoms with Crippen LogP contribution in [-0.4, -0.2) is 40.2 Å². The van der Waals surface area contributed by atoms with Crippen LogP contribution in [-0.2, 0) is 15.3 Å². The lowest BCUT2D eigenvalue weighted by atomic mass is 9.95. The molecule has 1 aromatic heterocycles. The Labute approximate surface area is 282 Å². The molecular weight excluding hydrogens is 631 g/mol. The van der Waals surface area contributed by atoms with Crippen LogP contribution in [0.4, 0.5) is 5.13 Å². The zero-order chi connectivity index (χ0) is 32.9. The summed E-state index contributed by atoms with van der Waals surface area (Å²) in [6, 6.07) is 27.6. The van der Waals surface area contributed by atoms with Gasteiger partial charge in [0, 0.05) is 11.3 Å². The van der Waals surface area contributed by atoms with Crippen molar-refractivity contribution >= 4 is 56.5 Å². The monoisotopic (exact) mass is 665 g/mol. The molecule has 47 heavy (non-hydrogen) atoms. The molecule has 5 aromatic rings. The zero-order valence-electron chi connectivity index (χ0n) is 26.4. The van der Waals surface area contributed by atoms with Crippen LogP contribution in [0, 0.1) is 5.92 Å². The maximum absolute atomic E-state index is 13.8. The lowest BCUT2D eigenvalue weighted by Crippen LogP contribution is -2.29. The topological polar surface area (TPSA) is 102 Å². The van der Waals surface area contributed by atoms with Crippen LogP contribution >= 0.6 is 23.1 Å². The lowest BCUT2D eigenvalue weighted by Gasteiger charge is -2.23. The number of carbonyl (C=O) groups is 2. The first-order valence-corrected chi connectivity index (χ1v) is 17.3. The molecule has 8 nitrogen and oxygen atoms in total. The van der Waals surface area contributed by atoms with Crippen molar-refractivity contribution in [1.29, 1.82) is 0 Å². The summed E-state index contributed by atoms with van der Waals surface area (Å²) < 4.78 is 12.2. The van der Waals surface area contributed by atoms with Crippen molar-refractivity contribution < 1.29 is 24.2 Å². The second-order valence-corrected chi connectivity index (χ2v) is 13.7. The van der Waals surface area contributed by atoms with E-state index in [2.05, 4.69) is 48.3 Å². The Morgan fingerprint density at radius 2 is 1.70 bits per heavy atom. The molecule has 10 heteroatoms. The summed E-state index contributed by atoms with van der Waals surface area (Å²) in [5.74, 6) is 0.520. The number of rotatable bonds is 12. The van der Waals surface area contributed by atoms with E-state index in [1.807, 2.05) is 49.4 Å². The van der Waals surface area contributed by atoms with Crippen LogP contribution in [0.3, 0.4) is 0 Å². The standard InChI is InChI=1S/C37H35N3O5S2/c1-4-44-28-17-15-25(16-18-28)33(41)31-32(26-11-8-13-29(21-26)45-20-19-23(2)3)40(35(43)34(31)42)36-38-39-37(47-36)46-22-27-12-7-10-24-9-5-6-14-30(24)27/h5-18,21,23,32,41H,4,19-20,22H2,1-3H3/b33-31+. The van der Waals surface area contributed by atoms with E-state index in [-0.39, 0.29) is 16.5 Å². The first-order chi connectivity index (χ1) is 22.8. The molecule has 2 heterocycles. The Morgan fingerprint density at radius 3 is 2.49 bits per heavy atom. The van der Waals surface area contributed by atoms with Crippen LogP contribution in [0.15, 0.2) is 101 Å². The highest BCUT2D eigenvalue weighted by molar-refractivity contribution is 8.00. The maximum Gasteiger partial charge on any atom is 0.301 e.